The van der Waals surface area contributed by atoms with E-state index in [9.17, 15) is 0 Å². The molecule has 100 valence electrons. The predicted molar refractivity (Wildman–Crippen MR) is 76.1 cm³/mol. The van der Waals surface area contributed by atoms with Crippen LogP contribution in [0.15, 0.2) is 24.3 Å². The minimum absolute atomic E-state index is 0.570. The summed E-state index contributed by atoms with van der Waals surface area (Å²) in [6.45, 7) is 0.847. The van der Waals surface area contributed by atoms with Crippen LogP contribution in [0.5, 0.6) is 0 Å². The Morgan fingerprint density at radius 2 is 2.22 bits per heavy atom. The lowest BCUT2D eigenvalue weighted by atomic mass is 9.79. The van der Waals surface area contributed by atoms with Gasteiger partial charge in [0.15, 0.2) is 0 Å². The Labute approximate surface area is 111 Å². The molecule has 1 aliphatic rings. The standard InChI is InChI=1S/C16H25NO/c1-17-15(10-11-18-2)12-14-8-5-7-13-6-3-4-9-16(13)14/h3-4,6,9,14-15,17H,5,7-8,10-12H2,1-2H3. The zero-order chi connectivity index (χ0) is 12.8. The van der Waals surface area contributed by atoms with Crippen LogP contribution in [0.1, 0.15) is 42.7 Å². The molecule has 1 N–H and O–H groups in total. The second-order valence-corrected chi connectivity index (χ2v) is 5.29. The van der Waals surface area contributed by atoms with E-state index in [1.54, 1.807) is 18.2 Å². The first-order valence-corrected chi connectivity index (χ1v) is 7.09. The summed E-state index contributed by atoms with van der Waals surface area (Å²) in [4.78, 5) is 0. The van der Waals surface area contributed by atoms with Crippen LogP contribution in [0.25, 0.3) is 0 Å². The van der Waals surface area contributed by atoms with E-state index in [1.807, 2.05) is 0 Å². The minimum atomic E-state index is 0.570. The lowest BCUT2D eigenvalue weighted by molar-refractivity contribution is 0.180. The number of nitrogens with one attached hydrogen (secondary N) is 1. The van der Waals surface area contributed by atoms with Gasteiger partial charge in [0.1, 0.15) is 0 Å². The Kier molecular flexibility index (Phi) is 5.21. The molecule has 0 saturated heterocycles. The van der Waals surface area contributed by atoms with Crippen molar-refractivity contribution in [3.8, 4) is 0 Å². The fourth-order valence-corrected chi connectivity index (χ4v) is 3.08. The van der Waals surface area contributed by atoms with Crippen molar-refractivity contribution in [1.82, 2.24) is 5.32 Å². The molecule has 2 atom stereocenters. The lowest BCUT2D eigenvalue weighted by Crippen LogP contribution is -2.29. The minimum Gasteiger partial charge on any atom is -0.385 e. The van der Waals surface area contributed by atoms with Crippen molar-refractivity contribution in [3.05, 3.63) is 35.4 Å². The first-order chi connectivity index (χ1) is 8.85. The number of methoxy groups -OCH3 is 1. The second-order valence-electron chi connectivity index (χ2n) is 5.29. The average Bonchev–Trinajstić information content (AvgIpc) is 2.43. The number of aryl methyl sites for hydroxylation is 1. The number of hydrogen-bond donors (Lipinski definition) is 1. The average molecular weight is 247 g/mol. The van der Waals surface area contributed by atoms with Crippen LogP contribution < -0.4 is 5.32 Å². The van der Waals surface area contributed by atoms with Crippen LogP contribution in [0.4, 0.5) is 0 Å². The molecular weight excluding hydrogens is 222 g/mol. The van der Waals surface area contributed by atoms with Crippen LogP contribution in [-0.4, -0.2) is 26.8 Å². The molecule has 1 aromatic carbocycles. The van der Waals surface area contributed by atoms with Crippen LogP contribution in [0, 0.1) is 0 Å². The summed E-state index contributed by atoms with van der Waals surface area (Å²) < 4.78 is 5.19. The van der Waals surface area contributed by atoms with E-state index in [4.69, 9.17) is 4.74 Å². The van der Waals surface area contributed by atoms with Crippen molar-refractivity contribution in [2.45, 2.75) is 44.1 Å². The molecule has 1 aromatic rings. The number of rotatable bonds is 6. The van der Waals surface area contributed by atoms with Gasteiger partial charge in [-0.3, -0.25) is 0 Å². The lowest BCUT2D eigenvalue weighted by Gasteiger charge is -2.29. The van der Waals surface area contributed by atoms with Crippen molar-refractivity contribution in [1.29, 1.82) is 0 Å². The summed E-state index contributed by atoms with van der Waals surface area (Å²) in [5.74, 6) is 0.726. The van der Waals surface area contributed by atoms with Gasteiger partial charge in [-0.1, -0.05) is 24.3 Å². The fourth-order valence-electron chi connectivity index (χ4n) is 3.08. The van der Waals surface area contributed by atoms with Gasteiger partial charge in [0, 0.05) is 19.8 Å². The molecule has 18 heavy (non-hydrogen) atoms. The molecule has 0 aromatic heterocycles. The second kappa shape index (κ2) is 6.91. The maximum Gasteiger partial charge on any atom is 0.0477 e. The molecule has 0 fully saturated rings. The van der Waals surface area contributed by atoms with Crippen molar-refractivity contribution in [3.63, 3.8) is 0 Å². The van der Waals surface area contributed by atoms with Gasteiger partial charge in [0.2, 0.25) is 0 Å². The van der Waals surface area contributed by atoms with Gasteiger partial charge >= 0.3 is 0 Å². The Bertz CT molecular complexity index is 364. The molecule has 0 heterocycles. The summed E-state index contributed by atoms with van der Waals surface area (Å²) in [5.41, 5.74) is 3.15. The van der Waals surface area contributed by atoms with Crippen molar-refractivity contribution in [2.75, 3.05) is 20.8 Å². The molecule has 0 aliphatic heterocycles. The van der Waals surface area contributed by atoms with Gasteiger partial charge in [0.25, 0.3) is 0 Å². The first-order valence-electron chi connectivity index (χ1n) is 7.09. The molecule has 0 radical (unpaired) electrons. The van der Waals surface area contributed by atoms with Gasteiger partial charge < -0.3 is 10.1 Å². The van der Waals surface area contributed by atoms with Crippen molar-refractivity contribution < 1.29 is 4.74 Å². The molecule has 2 heteroatoms. The Hall–Kier alpha value is -0.860. The molecule has 1 aliphatic carbocycles. The molecule has 0 bridgehead atoms. The topological polar surface area (TPSA) is 21.3 Å². The monoisotopic (exact) mass is 247 g/mol. The van der Waals surface area contributed by atoms with E-state index in [0.717, 1.165) is 18.9 Å². The van der Waals surface area contributed by atoms with Crippen molar-refractivity contribution in [2.24, 2.45) is 0 Å². The summed E-state index contributed by atoms with van der Waals surface area (Å²) in [6.07, 6.45) is 6.27. The zero-order valence-electron chi connectivity index (χ0n) is 11.6. The van der Waals surface area contributed by atoms with Crippen molar-refractivity contribution >= 4 is 0 Å². The highest BCUT2D eigenvalue weighted by Gasteiger charge is 2.22. The van der Waals surface area contributed by atoms with E-state index >= 15 is 0 Å². The van der Waals surface area contributed by atoms with Crippen LogP contribution >= 0.6 is 0 Å². The normalized spacial score (nSPS) is 20.4. The first kappa shape index (κ1) is 13.6. The van der Waals surface area contributed by atoms with E-state index in [0.29, 0.717) is 6.04 Å². The van der Waals surface area contributed by atoms with Gasteiger partial charge in [-0.2, -0.15) is 0 Å². The van der Waals surface area contributed by atoms with E-state index in [1.165, 1.54) is 25.7 Å². The largest absolute Gasteiger partial charge is 0.385 e. The molecule has 0 amide bonds. The third-order valence-electron chi connectivity index (χ3n) is 4.14. The fraction of sp³-hybridized carbons (Fsp3) is 0.625. The highest BCUT2D eigenvalue weighted by molar-refractivity contribution is 5.32. The highest BCUT2D eigenvalue weighted by atomic mass is 16.5. The summed E-state index contributed by atoms with van der Waals surface area (Å²) in [6, 6.07) is 9.54. The summed E-state index contributed by atoms with van der Waals surface area (Å²) in [7, 11) is 3.84. The quantitative estimate of drug-likeness (QED) is 0.834. The Balaban J connectivity index is 2.01. The Morgan fingerprint density at radius 1 is 1.39 bits per heavy atom. The van der Waals surface area contributed by atoms with E-state index in [2.05, 4.69) is 36.6 Å². The number of hydrogen-bond acceptors (Lipinski definition) is 2. The molecular formula is C16H25NO. The molecule has 0 saturated carbocycles. The number of benzene rings is 1. The SMILES string of the molecule is CNC(CCOC)CC1CCCc2ccccc21. The number of fused-ring (bicyclic) bond motifs is 1. The smallest absolute Gasteiger partial charge is 0.0477 e. The Morgan fingerprint density at radius 3 is 3.00 bits per heavy atom. The van der Waals surface area contributed by atoms with Crippen LogP contribution in [0.2, 0.25) is 0 Å². The van der Waals surface area contributed by atoms with Gasteiger partial charge in [-0.25, -0.2) is 0 Å². The van der Waals surface area contributed by atoms with E-state index in [-0.39, 0.29) is 0 Å². The van der Waals surface area contributed by atoms with E-state index < -0.39 is 0 Å². The molecule has 2 unspecified atom stereocenters. The highest BCUT2D eigenvalue weighted by Crippen LogP contribution is 2.34. The van der Waals surface area contributed by atoms with Crippen LogP contribution in [0.3, 0.4) is 0 Å². The zero-order valence-corrected chi connectivity index (χ0v) is 11.6. The van der Waals surface area contributed by atoms with Gasteiger partial charge in [0.05, 0.1) is 0 Å². The summed E-state index contributed by atoms with van der Waals surface area (Å²) in [5, 5.41) is 3.43. The van der Waals surface area contributed by atoms with Gasteiger partial charge in [-0.15, -0.1) is 0 Å². The maximum absolute atomic E-state index is 5.19. The third-order valence-corrected chi connectivity index (χ3v) is 4.14. The van der Waals surface area contributed by atoms with Gasteiger partial charge in [-0.05, 0) is 56.2 Å². The van der Waals surface area contributed by atoms with Crippen LogP contribution in [-0.2, 0) is 11.2 Å². The third kappa shape index (κ3) is 3.33. The number of ether oxygens (including phenoxy) is 1. The molecule has 2 rings (SSSR count). The summed E-state index contributed by atoms with van der Waals surface area (Å²) >= 11 is 0. The molecule has 2 nitrogen and oxygen atoms in total. The predicted octanol–water partition coefficient (Wildman–Crippen LogP) is 3.12. The maximum atomic E-state index is 5.19. The molecule has 0 spiro atoms.